The van der Waals surface area contributed by atoms with Crippen LogP contribution in [0.25, 0.3) is 22.4 Å². The van der Waals surface area contributed by atoms with E-state index in [-0.39, 0.29) is 12.4 Å². The third kappa shape index (κ3) is 5.58. The first kappa shape index (κ1) is 24.6. The molecular formula is C22H25N5O6SSi. The molecule has 0 saturated carbocycles. The highest BCUT2D eigenvalue weighted by molar-refractivity contribution is 7.92. The minimum absolute atomic E-state index is 0.218. The lowest BCUT2D eigenvalue weighted by Crippen LogP contribution is -2.22. The zero-order valence-corrected chi connectivity index (χ0v) is 21.3. The molecule has 0 saturated heterocycles. The van der Waals surface area contributed by atoms with Crippen LogP contribution >= 0.6 is 0 Å². The number of anilines is 1. The number of para-hydroxylation sites is 1. The summed E-state index contributed by atoms with van der Waals surface area (Å²) < 4.78 is 41.3. The van der Waals surface area contributed by atoms with E-state index in [2.05, 4.69) is 34.4 Å². The minimum atomic E-state index is -4.22. The van der Waals surface area contributed by atoms with Crippen molar-refractivity contribution in [3.8, 4) is 11.5 Å². The lowest BCUT2D eigenvalue weighted by atomic mass is 10.1. The summed E-state index contributed by atoms with van der Waals surface area (Å²) in [6.45, 7) is 7.65. The van der Waals surface area contributed by atoms with Crippen LogP contribution in [0.1, 0.15) is 0 Å². The van der Waals surface area contributed by atoms with E-state index in [0.29, 0.717) is 29.0 Å². The normalized spacial score (nSPS) is 12.2. The molecule has 184 valence electrons. The standard InChI is InChI=1S/C22H25N5O6SSi/c1-35(2,3)11-10-32-15-26-18-9-8-16(12-17(18)22(24-26)20-13-23-14-33-20)25-34(30,31)21-7-5-4-6-19(21)27(28)29/h4-9,12-14,25H,10-11,15H2,1-3H3. The summed E-state index contributed by atoms with van der Waals surface area (Å²) in [5, 5.41) is 16.5. The zero-order valence-electron chi connectivity index (χ0n) is 19.5. The van der Waals surface area contributed by atoms with Crippen molar-refractivity contribution in [2.24, 2.45) is 0 Å². The molecule has 0 aliphatic rings. The first-order valence-corrected chi connectivity index (χ1v) is 16.0. The van der Waals surface area contributed by atoms with E-state index in [1.54, 1.807) is 22.9 Å². The van der Waals surface area contributed by atoms with Crippen molar-refractivity contribution < 1.29 is 22.5 Å². The molecular weight excluding hydrogens is 490 g/mol. The largest absolute Gasteiger partial charge is 0.442 e. The number of nitrogens with one attached hydrogen (secondary N) is 1. The van der Waals surface area contributed by atoms with Gasteiger partial charge in [-0.05, 0) is 30.3 Å². The van der Waals surface area contributed by atoms with Gasteiger partial charge >= 0.3 is 0 Å². The van der Waals surface area contributed by atoms with Crippen LogP contribution in [0.5, 0.6) is 0 Å². The van der Waals surface area contributed by atoms with E-state index < -0.39 is 33.6 Å². The molecule has 2 aromatic carbocycles. The van der Waals surface area contributed by atoms with Gasteiger partial charge in [0.1, 0.15) is 12.4 Å². The molecule has 0 aliphatic carbocycles. The number of hydrogen-bond donors (Lipinski definition) is 1. The average molecular weight is 516 g/mol. The molecule has 11 nitrogen and oxygen atoms in total. The molecule has 2 aromatic heterocycles. The lowest BCUT2D eigenvalue weighted by Gasteiger charge is -2.15. The van der Waals surface area contributed by atoms with Crippen LogP contribution in [0.2, 0.25) is 25.7 Å². The number of nitrogens with zero attached hydrogens (tertiary/aromatic N) is 4. The van der Waals surface area contributed by atoms with Crippen molar-refractivity contribution >= 4 is 40.4 Å². The number of ether oxygens (including phenoxy) is 1. The Labute approximate surface area is 202 Å². The Kier molecular flexibility index (Phi) is 6.74. The Balaban J connectivity index is 1.67. The maximum Gasteiger partial charge on any atom is 0.289 e. The fourth-order valence-electron chi connectivity index (χ4n) is 3.43. The topological polar surface area (TPSA) is 142 Å². The van der Waals surface area contributed by atoms with Gasteiger partial charge in [0.05, 0.1) is 16.6 Å². The predicted octanol–water partition coefficient (Wildman–Crippen LogP) is 4.71. The van der Waals surface area contributed by atoms with E-state index in [4.69, 9.17) is 9.15 Å². The molecule has 0 bridgehead atoms. The van der Waals surface area contributed by atoms with E-state index in [1.165, 1.54) is 30.8 Å². The molecule has 13 heteroatoms. The Morgan fingerprint density at radius 1 is 1.20 bits per heavy atom. The fraction of sp³-hybridized carbons (Fsp3) is 0.273. The number of rotatable bonds is 10. The van der Waals surface area contributed by atoms with Crippen LogP contribution in [0.4, 0.5) is 11.4 Å². The summed E-state index contributed by atoms with van der Waals surface area (Å²) in [6, 6.07) is 11.1. The van der Waals surface area contributed by atoms with E-state index >= 15 is 0 Å². The molecule has 0 amide bonds. The van der Waals surface area contributed by atoms with Gasteiger partial charge in [0.25, 0.3) is 15.7 Å². The second kappa shape index (κ2) is 9.60. The highest BCUT2D eigenvalue weighted by atomic mass is 32.2. The van der Waals surface area contributed by atoms with Gasteiger partial charge in [-0.3, -0.25) is 14.8 Å². The molecule has 0 fully saturated rings. The number of nitro benzene ring substituents is 1. The summed E-state index contributed by atoms with van der Waals surface area (Å²) in [7, 11) is -5.47. The molecule has 35 heavy (non-hydrogen) atoms. The van der Waals surface area contributed by atoms with Gasteiger partial charge < -0.3 is 9.15 Å². The van der Waals surface area contributed by atoms with Gasteiger partial charge in [-0.25, -0.2) is 18.1 Å². The second-order valence-corrected chi connectivity index (χ2v) is 16.4. The van der Waals surface area contributed by atoms with Crippen molar-refractivity contribution in [3.05, 3.63) is 65.2 Å². The number of fused-ring (bicyclic) bond motifs is 1. The third-order valence-corrected chi connectivity index (χ3v) is 8.36. The predicted molar refractivity (Wildman–Crippen MR) is 133 cm³/mol. The van der Waals surface area contributed by atoms with Crippen molar-refractivity contribution in [2.75, 3.05) is 11.3 Å². The molecule has 4 aromatic rings. The fourth-order valence-corrected chi connectivity index (χ4v) is 5.41. The molecule has 0 spiro atoms. The summed E-state index contributed by atoms with van der Waals surface area (Å²) in [4.78, 5) is 14.1. The molecule has 0 radical (unpaired) electrons. The monoisotopic (exact) mass is 515 g/mol. The van der Waals surface area contributed by atoms with E-state index in [9.17, 15) is 18.5 Å². The van der Waals surface area contributed by atoms with Gasteiger partial charge in [0.15, 0.2) is 17.0 Å². The van der Waals surface area contributed by atoms with E-state index in [1.807, 2.05) is 0 Å². The first-order chi connectivity index (χ1) is 16.5. The Bertz CT molecular complexity index is 1460. The molecule has 0 unspecified atom stereocenters. The van der Waals surface area contributed by atoms with Crippen LogP contribution in [0.15, 0.2) is 64.4 Å². The lowest BCUT2D eigenvalue weighted by molar-refractivity contribution is -0.387. The summed E-state index contributed by atoms with van der Waals surface area (Å²) in [6.07, 6.45) is 2.80. The van der Waals surface area contributed by atoms with Crippen LogP contribution in [-0.2, 0) is 21.5 Å². The van der Waals surface area contributed by atoms with Gasteiger partial charge in [-0.15, -0.1) is 0 Å². The number of benzene rings is 2. The number of nitro groups is 1. The van der Waals surface area contributed by atoms with Gasteiger partial charge in [0.2, 0.25) is 0 Å². The Hall–Kier alpha value is -3.55. The van der Waals surface area contributed by atoms with Crippen molar-refractivity contribution in [3.63, 3.8) is 0 Å². The Morgan fingerprint density at radius 3 is 2.66 bits per heavy atom. The quantitative estimate of drug-likeness (QED) is 0.138. The van der Waals surface area contributed by atoms with Crippen LogP contribution in [0.3, 0.4) is 0 Å². The molecule has 2 heterocycles. The average Bonchev–Trinajstić information content (AvgIpc) is 3.44. The summed E-state index contributed by atoms with van der Waals surface area (Å²) in [5.41, 5.74) is 0.887. The summed E-state index contributed by atoms with van der Waals surface area (Å²) >= 11 is 0. The highest BCUT2D eigenvalue weighted by Gasteiger charge is 2.26. The molecule has 0 aliphatic heterocycles. The van der Waals surface area contributed by atoms with Crippen molar-refractivity contribution in [2.45, 2.75) is 37.3 Å². The van der Waals surface area contributed by atoms with Crippen LogP contribution < -0.4 is 4.72 Å². The van der Waals surface area contributed by atoms with Gasteiger partial charge in [0, 0.05) is 31.8 Å². The second-order valence-electron chi connectivity index (χ2n) is 9.12. The number of sulfonamides is 1. The first-order valence-electron chi connectivity index (χ1n) is 10.8. The number of aromatic nitrogens is 3. The maximum atomic E-state index is 13.0. The molecule has 1 N–H and O–H groups in total. The van der Waals surface area contributed by atoms with E-state index in [0.717, 1.165) is 12.1 Å². The van der Waals surface area contributed by atoms with Crippen molar-refractivity contribution in [1.29, 1.82) is 0 Å². The zero-order chi connectivity index (χ0) is 25.2. The third-order valence-electron chi connectivity index (χ3n) is 5.23. The SMILES string of the molecule is C[Si](C)(C)CCOCn1nc(-c2cnco2)c2cc(NS(=O)(=O)c3ccccc3[N+](=O)[O-])ccc21. The maximum absolute atomic E-state index is 13.0. The highest BCUT2D eigenvalue weighted by Crippen LogP contribution is 2.32. The number of hydrogen-bond acceptors (Lipinski definition) is 8. The molecule has 0 atom stereocenters. The minimum Gasteiger partial charge on any atom is -0.442 e. The van der Waals surface area contributed by atoms with Gasteiger partial charge in [-0.1, -0.05) is 31.8 Å². The molecule has 4 rings (SSSR count). The number of oxazole rings is 1. The smallest absolute Gasteiger partial charge is 0.289 e. The van der Waals surface area contributed by atoms with Crippen molar-refractivity contribution in [1.82, 2.24) is 14.8 Å². The van der Waals surface area contributed by atoms with Crippen LogP contribution in [-0.4, -0.2) is 42.8 Å². The van der Waals surface area contributed by atoms with Crippen LogP contribution in [0, 0.1) is 10.1 Å². The Morgan fingerprint density at radius 2 is 1.97 bits per heavy atom. The summed E-state index contributed by atoms with van der Waals surface area (Å²) in [5.74, 6) is 0.412. The van der Waals surface area contributed by atoms with Gasteiger partial charge in [-0.2, -0.15) is 5.10 Å².